The van der Waals surface area contributed by atoms with Crippen LogP contribution in [0.25, 0.3) is 0 Å². The summed E-state index contributed by atoms with van der Waals surface area (Å²) in [6.45, 7) is 9.77. The number of allylic oxidation sites excluding steroid dienone is 3. The third-order valence-corrected chi connectivity index (χ3v) is 8.40. The van der Waals surface area contributed by atoms with Crippen molar-refractivity contribution in [2.45, 2.75) is 91.1 Å². The molecular weight excluding hydrogens is 478 g/mol. The maximum atomic E-state index is 12.7. The molecular formula is C32H49NO5. The summed E-state index contributed by atoms with van der Waals surface area (Å²) < 4.78 is 11.3. The molecule has 1 aromatic carbocycles. The lowest BCUT2D eigenvalue weighted by Crippen LogP contribution is -2.41. The maximum Gasteiger partial charge on any atom is 0.308 e. The van der Waals surface area contributed by atoms with Crippen LogP contribution in [0.15, 0.2) is 48.1 Å². The number of aliphatic hydroxyl groups excluding tert-OH is 2. The van der Waals surface area contributed by atoms with Gasteiger partial charge in [0.25, 0.3) is 0 Å². The van der Waals surface area contributed by atoms with E-state index in [0.29, 0.717) is 43.6 Å². The Hall–Kier alpha value is -2.15. The number of carbonyl (C=O) groups is 1. The molecule has 0 aromatic heterocycles. The van der Waals surface area contributed by atoms with Crippen LogP contribution in [0, 0.1) is 29.6 Å². The van der Waals surface area contributed by atoms with Crippen molar-refractivity contribution in [3.8, 4) is 5.75 Å². The third kappa shape index (κ3) is 8.69. The summed E-state index contributed by atoms with van der Waals surface area (Å²) in [5, 5.41) is 24.6. The first-order valence-corrected chi connectivity index (χ1v) is 14.5. The zero-order valence-electron chi connectivity index (χ0n) is 23.9. The van der Waals surface area contributed by atoms with Crippen LogP contribution in [-0.2, 0) is 16.1 Å². The molecule has 0 saturated carbocycles. The highest BCUT2D eigenvalue weighted by Crippen LogP contribution is 2.45. The van der Waals surface area contributed by atoms with E-state index in [0.717, 1.165) is 37.1 Å². The fourth-order valence-corrected chi connectivity index (χ4v) is 5.83. The average Bonchev–Trinajstić information content (AvgIpc) is 2.90. The molecule has 8 atom stereocenters. The maximum absolute atomic E-state index is 12.7. The largest absolute Gasteiger partial charge is 0.497 e. The monoisotopic (exact) mass is 527 g/mol. The molecule has 212 valence electrons. The van der Waals surface area contributed by atoms with Crippen molar-refractivity contribution in [2.24, 2.45) is 29.6 Å². The molecule has 0 amide bonds. The van der Waals surface area contributed by atoms with Gasteiger partial charge in [-0.05, 0) is 86.1 Å². The molecule has 0 saturated heterocycles. The number of hydrogen-bond acceptors (Lipinski definition) is 6. The fraction of sp³-hybridized carbons (Fsp3) is 0.656. The SMILES string of the molecule is CCC(C)C(=O)OC1CC(C)C=C2C=CC(C)C(CCC(O)CC(O)CCNCc3ccc(OC)cc3)C21. The van der Waals surface area contributed by atoms with Crippen molar-refractivity contribution >= 4 is 5.97 Å². The Morgan fingerprint density at radius 2 is 1.84 bits per heavy atom. The molecule has 0 spiro atoms. The lowest BCUT2D eigenvalue weighted by molar-refractivity contribution is -0.158. The van der Waals surface area contributed by atoms with Gasteiger partial charge in [0.2, 0.25) is 0 Å². The normalized spacial score (nSPS) is 27.1. The van der Waals surface area contributed by atoms with Crippen LogP contribution in [0.5, 0.6) is 5.75 Å². The number of esters is 1. The van der Waals surface area contributed by atoms with Crippen molar-refractivity contribution in [3.05, 3.63) is 53.6 Å². The van der Waals surface area contributed by atoms with Crippen molar-refractivity contribution < 1.29 is 24.5 Å². The summed E-state index contributed by atoms with van der Waals surface area (Å²) in [7, 11) is 1.66. The van der Waals surface area contributed by atoms with Gasteiger partial charge in [0.1, 0.15) is 11.9 Å². The van der Waals surface area contributed by atoms with Gasteiger partial charge in [-0.1, -0.05) is 58.1 Å². The first-order chi connectivity index (χ1) is 18.2. The molecule has 6 nitrogen and oxygen atoms in total. The Balaban J connectivity index is 1.48. The van der Waals surface area contributed by atoms with E-state index in [1.54, 1.807) is 7.11 Å². The van der Waals surface area contributed by atoms with Crippen LogP contribution >= 0.6 is 0 Å². The summed E-state index contributed by atoms with van der Waals surface area (Å²) in [6, 6.07) is 7.93. The van der Waals surface area contributed by atoms with Gasteiger partial charge >= 0.3 is 5.97 Å². The van der Waals surface area contributed by atoms with Crippen LogP contribution in [0.4, 0.5) is 0 Å². The molecule has 3 rings (SSSR count). The Morgan fingerprint density at radius 3 is 2.53 bits per heavy atom. The number of hydrogen-bond donors (Lipinski definition) is 3. The molecule has 1 aromatic rings. The van der Waals surface area contributed by atoms with E-state index >= 15 is 0 Å². The van der Waals surface area contributed by atoms with Crippen molar-refractivity contribution in [1.29, 1.82) is 0 Å². The van der Waals surface area contributed by atoms with Crippen LogP contribution < -0.4 is 10.1 Å². The van der Waals surface area contributed by atoms with Gasteiger partial charge in [0.15, 0.2) is 0 Å². The Bertz CT molecular complexity index is 926. The number of benzene rings is 1. The first-order valence-electron chi connectivity index (χ1n) is 14.5. The molecule has 0 radical (unpaired) electrons. The Labute approximate surface area is 229 Å². The Morgan fingerprint density at radius 1 is 1.13 bits per heavy atom. The van der Waals surface area contributed by atoms with E-state index in [9.17, 15) is 15.0 Å². The number of ether oxygens (including phenoxy) is 2. The van der Waals surface area contributed by atoms with E-state index in [1.807, 2.05) is 38.1 Å². The van der Waals surface area contributed by atoms with Gasteiger partial charge in [-0.2, -0.15) is 0 Å². The second-order valence-corrected chi connectivity index (χ2v) is 11.5. The number of fused-ring (bicyclic) bond motifs is 1. The van der Waals surface area contributed by atoms with Gasteiger partial charge in [0.05, 0.1) is 25.2 Å². The van der Waals surface area contributed by atoms with E-state index in [1.165, 1.54) is 5.57 Å². The molecule has 3 N–H and O–H groups in total. The number of carbonyl (C=O) groups excluding carboxylic acids is 1. The molecule has 38 heavy (non-hydrogen) atoms. The highest BCUT2D eigenvalue weighted by molar-refractivity contribution is 5.72. The first kappa shape index (κ1) is 30.4. The molecule has 0 heterocycles. The number of nitrogens with one attached hydrogen (secondary N) is 1. The van der Waals surface area contributed by atoms with Crippen LogP contribution in [-0.4, -0.2) is 48.1 Å². The molecule has 2 aliphatic rings. The molecule has 0 bridgehead atoms. The molecule has 0 aliphatic heterocycles. The molecule has 8 unspecified atom stereocenters. The van der Waals surface area contributed by atoms with Crippen molar-refractivity contribution in [1.82, 2.24) is 5.32 Å². The zero-order valence-corrected chi connectivity index (χ0v) is 23.9. The third-order valence-electron chi connectivity index (χ3n) is 8.40. The predicted molar refractivity (Wildman–Crippen MR) is 152 cm³/mol. The van der Waals surface area contributed by atoms with Gasteiger partial charge in [-0.3, -0.25) is 4.79 Å². The minimum atomic E-state index is -0.555. The number of rotatable bonds is 14. The number of methoxy groups -OCH3 is 1. The van der Waals surface area contributed by atoms with Crippen molar-refractivity contribution in [2.75, 3.05) is 13.7 Å². The Kier molecular flexibility index (Phi) is 11.9. The van der Waals surface area contributed by atoms with Gasteiger partial charge in [-0.25, -0.2) is 0 Å². The smallest absolute Gasteiger partial charge is 0.308 e. The number of aliphatic hydroxyl groups is 2. The van der Waals surface area contributed by atoms with E-state index < -0.39 is 12.2 Å². The summed E-state index contributed by atoms with van der Waals surface area (Å²) >= 11 is 0. The van der Waals surface area contributed by atoms with Crippen LogP contribution in [0.3, 0.4) is 0 Å². The standard InChI is InChI=1S/C32H49NO5/c1-6-22(3)32(36)38-30-18-21(2)17-25-10-7-23(4)29(31(25)30)14-11-26(34)19-27(35)15-16-33-20-24-8-12-28(37-5)13-9-24/h7-10,12-13,17,21-23,26-27,29-31,33-35H,6,11,14-16,18-20H2,1-5H3. The second kappa shape index (κ2) is 14.9. The lowest BCUT2D eigenvalue weighted by Gasteiger charge is -2.43. The minimum Gasteiger partial charge on any atom is -0.497 e. The molecule has 6 heteroatoms. The van der Waals surface area contributed by atoms with Gasteiger partial charge in [-0.15, -0.1) is 0 Å². The summed E-state index contributed by atoms with van der Waals surface area (Å²) in [5.74, 6) is 1.82. The zero-order chi connectivity index (χ0) is 27.7. The average molecular weight is 528 g/mol. The van der Waals surface area contributed by atoms with Crippen molar-refractivity contribution in [3.63, 3.8) is 0 Å². The quantitative estimate of drug-likeness (QED) is 0.221. The second-order valence-electron chi connectivity index (χ2n) is 11.5. The lowest BCUT2D eigenvalue weighted by atomic mass is 9.65. The summed E-state index contributed by atoms with van der Waals surface area (Å²) in [6.07, 6.45) is 9.63. The highest BCUT2D eigenvalue weighted by Gasteiger charge is 2.41. The fourth-order valence-electron chi connectivity index (χ4n) is 5.83. The summed E-state index contributed by atoms with van der Waals surface area (Å²) in [5.41, 5.74) is 2.43. The van der Waals surface area contributed by atoms with E-state index in [-0.39, 0.29) is 23.9 Å². The minimum absolute atomic E-state index is 0.0938. The van der Waals surface area contributed by atoms with Gasteiger partial charge < -0.3 is 25.0 Å². The van der Waals surface area contributed by atoms with Crippen LogP contribution in [0.1, 0.15) is 71.8 Å². The van der Waals surface area contributed by atoms with E-state index in [2.05, 4.69) is 37.4 Å². The summed E-state index contributed by atoms with van der Waals surface area (Å²) in [4.78, 5) is 12.7. The van der Waals surface area contributed by atoms with Crippen LogP contribution in [0.2, 0.25) is 0 Å². The van der Waals surface area contributed by atoms with Gasteiger partial charge in [0, 0.05) is 12.5 Å². The highest BCUT2D eigenvalue weighted by atomic mass is 16.5. The molecule has 2 aliphatic carbocycles. The molecule has 0 fully saturated rings. The predicted octanol–water partition coefficient (Wildman–Crippen LogP) is 5.43. The topological polar surface area (TPSA) is 88.0 Å². The van der Waals surface area contributed by atoms with E-state index in [4.69, 9.17) is 9.47 Å².